The number of halogens is 2. The van der Waals surface area contributed by atoms with Crippen molar-refractivity contribution in [1.82, 2.24) is 10.2 Å². The van der Waals surface area contributed by atoms with E-state index < -0.39 is 0 Å². The van der Waals surface area contributed by atoms with Crippen molar-refractivity contribution in [2.24, 2.45) is 5.92 Å². The highest BCUT2D eigenvalue weighted by Crippen LogP contribution is 2.44. The Morgan fingerprint density at radius 3 is 2.27 bits per heavy atom. The Morgan fingerprint density at radius 2 is 1.77 bits per heavy atom. The van der Waals surface area contributed by atoms with Crippen LogP contribution in [0, 0.1) is 5.92 Å². The molecule has 1 aliphatic carbocycles. The zero-order valence-corrected chi connectivity index (χ0v) is 14.4. The summed E-state index contributed by atoms with van der Waals surface area (Å²) in [4.78, 5) is 13.6. The van der Waals surface area contributed by atoms with Crippen LogP contribution in [-0.2, 0) is 4.79 Å². The summed E-state index contributed by atoms with van der Waals surface area (Å²) in [7, 11) is 0. The molecular formula is C16H24Cl2N2O2. The molecule has 0 aromatic heterocycles. The van der Waals surface area contributed by atoms with Crippen LogP contribution in [0.3, 0.4) is 0 Å². The molecule has 0 amide bonds. The van der Waals surface area contributed by atoms with Gasteiger partial charge in [0.1, 0.15) is 5.75 Å². The minimum absolute atomic E-state index is 0. The lowest BCUT2D eigenvalue weighted by molar-refractivity contribution is -0.131. The summed E-state index contributed by atoms with van der Waals surface area (Å²) in [5.41, 5.74) is 1.35. The molecule has 3 rings (SSSR count). The van der Waals surface area contributed by atoms with Crippen molar-refractivity contribution in [3.8, 4) is 5.75 Å². The molecule has 1 atom stereocenters. The second kappa shape index (κ2) is 8.73. The molecule has 0 spiro atoms. The van der Waals surface area contributed by atoms with E-state index in [1.165, 1.54) is 25.3 Å². The van der Waals surface area contributed by atoms with Crippen LogP contribution in [0.15, 0.2) is 24.3 Å². The summed E-state index contributed by atoms with van der Waals surface area (Å²) in [5.74, 6) is 1.17. The van der Waals surface area contributed by atoms with Crippen molar-refractivity contribution in [2.75, 3.05) is 26.2 Å². The van der Waals surface area contributed by atoms with Crippen molar-refractivity contribution >= 4 is 30.8 Å². The fraction of sp³-hybridized carbons (Fsp3) is 0.562. The first kappa shape index (κ1) is 19.2. The van der Waals surface area contributed by atoms with Crippen LogP contribution in [0.2, 0.25) is 0 Å². The maximum Gasteiger partial charge on any atom is 0.308 e. The van der Waals surface area contributed by atoms with E-state index in [2.05, 4.69) is 22.3 Å². The minimum Gasteiger partial charge on any atom is -0.427 e. The van der Waals surface area contributed by atoms with Gasteiger partial charge in [0.05, 0.1) is 0 Å². The maximum absolute atomic E-state index is 11.0. The number of hydrogen-bond acceptors (Lipinski definition) is 4. The summed E-state index contributed by atoms with van der Waals surface area (Å²) >= 11 is 0. The first-order valence-corrected chi connectivity index (χ1v) is 7.47. The summed E-state index contributed by atoms with van der Waals surface area (Å²) < 4.78 is 5.11. The van der Waals surface area contributed by atoms with Crippen molar-refractivity contribution in [2.45, 2.75) is 25.8 Å². The third kappa shape index (κ3) is 4.85. The number of benzene rings is 1. The van der Waals surface area contributed by atoms with Crippen LogP contribution in [0.25, 0.3) is 0 Å². The second-order valence-electron chi connectivity index (χ2n) is 5.73. The van der Waals surface area contributed by atoms with Gasteiger partial charge < -0.3 is 10.1 Å². The van der Waals surface area contributed by atoms with Gasteiger partial charge in [-0.1, -0.05) is 12.1 Å². The number of rotatable bonds is 4. The predicted molar refractivity (Wildman–Crippen MR) is 92.2 cm³/mol. The topological polar surface area (TPSA) is 41.6 Å². The van der Waals surface area contributed by atoms with Crippen LogP contribution in [-0.4, -0.2) is 37.0 Å². The number of carbonyl (C=O) groups is 1. The number of nitrogens with one attached hydrogen (secondary N) is 1. The molecule has 1 aromatic rings. The quantitative estimate of drug-likeness (QED) is 0.672. The van der Waals surface area contributed by atoms with Gasteiger partial charge in [0.2, 0.25) is 0 Å². The molecule has 1 N–H and O–H groups in total. The molecule has 22 heavy (non-hydrogen) atoms. The van der Waals surface area contributed by atoms with Gasteiger partial charge in [0.15, 0.2) is 0 Å². The van der Waals surface area contributed by atoms with Crippen LogP contribution in [0.1, 0.15) is 31.4 Å². The predicted octanol–water partition coefficient (Wildman–Crippen LogP) is 2.81. The normalized spacial score (nSPS) is 19.5. The Balaban J connectivity index is 0.00000121. The number of esters is 1. The minimum atomic E-state index is -0.265. The van der Waals surface area contributed by atoms with Gasteiger partial charge in [-0.2, -0.15) is 0 Å². The van der Waals surface area contributed by atoms with E-state index in [9.17, 15) is 4.79 Å². The monoisotopic (exact) mass is 346 g/mol. The molecule has 0 unspecified atom stereocenters. The highest BCUT2D eigenvalue weighted by atomic mass is 35.5. The Labute approximate surface area is 144 Å². The number of nitrogens with zero attached hydrogens (tertiary/aromatic N) is 1. The lowest BCUT2D eigenvalue weighted by Crippen LogP contribution is -2.45. The molecule has 0 bridgehead atoms. The Hall–Kier alpha value is -0.810. The van der Waals surface area contributed by atoms with Gasteiger partial charge >= 0.3 is 5.97 Å². The maximum atomic E-state index is 11.0. The molecule has 2 fully saturated rings. The highest BCUT2D eigenvalue weighted by molar-refractivity contribution is 5.85. The zero-order chi connectivity index (χ0) is 13.9. The molecule has 1 heterocycles. The highest BCUT2D eigenvalue weighted by Gasteiger charge is 2.36. The van der Waals surface area contributed by atoms with Crippen molar-refractivity contribution in [3.63, 3.8) is 0 Å². The first-order valence-electron chi connectivity index (χ1n) is 7.47. The van der Waals surface area contributed by atoms with Crippen LogP contribution in [0.5, 0.6) is 5.75 Å². The molecule has 2 aliphatic rings. The third-order valence-corrected chi connectivity index (χ3v) is 4.10. The lowest BCUT2D eigenvalue weighted by Gasteiger charge is -2.35. The van der Waals surface area contributed by atoms with Crippen LogP contribution >= 0.6 is 24.8 Å². The smallest absolute Gasteiger partial charge is 0.308 e. The fourth-order valence-electron chi connectivity index (χ4n) is 3.05. The molecule has 6 heteroatoms. The number of carbonyl (C=O) groups excluding carboxylic acids is 1. The van der Waals surface area contributed by atoms with Gasteiger partial charge in [0, 0.05) is 39.1 Å². The molecule has 0 radical (unpaired) electrons. The number of piperazine rings is 1. The third-order valence-electron chi connectivity index (χ3n) is 4.10. The van der Waals surface area contributed by atoms with Crippen LogP contribution < -0.4 is 10.1 Å². The largest absolute Gasteiger partial charge is 0.427 e. The Kier molecular flexibility index (Phi) is 7.63. The van der Waals surface area contributed by atoms with E-state index in [1.807, 2.05) is 12.1 Å². The van der Waals surface area contributed by atoms with E-state index in [-0.39, 0.29) is 30.8 Å². The van der Waals surface area contributed by atoms with Gasteiger partial charge in [-0.15, -0.1) is 24.8 Å². The van der Waals surface area contributed by atoms with Crippen LogP contribution in [0.4, 0.5) is 0 Å². The average Bonchev–Trinajstić information content (AvgIpc) is 3.26. The Morgan fingerprint density at radius 1 is 1.18 bits per heavy atom. The Bertz CT molecular complexity index is 472. The zero-order valence-electron chi connectivity index (χ0n) is 12.8. The van der Waals surface area contributed by atoms with Gasteiger partial charge in [0.25, 0.3) is 0 Å². The summed E-state index contributed by atoms with van der Waals surface area (Å²) in [6.07, 6.45) is 2.67. The molecule has 1 saturated heterocycles. The molecule has 124 valence electrons. The van der Waals surface area contributed by atoms with Crippen molar-refractivity contribution in [3.05, 3.63) is 29.8 Å². The molecular weight excluding hydrogens is 323 g/mol. The van der Waals surface area contributed by atoms with E-state index in [4.69, 9.17) is 4.74 Å². The standard InChI is InChI=1S/C16H22N2O2.2ClH/c1-12(19)20-15-6-4-14(5-7-15)16(13-2-3-13)18-10-8-17-9-11-18;;/h4-7,13,16-17H,2-3,8-11H2,1H3;2*1H/t16-;;/m0../s1. The van der Waals surface area contributed by atoms with Crippen molar-refractivity contribution in [1.29, 1.82) is 0 Å². The molecule has 4 nitrogen and oxygen atoms in total. The molecule has 1 aromatic carbocycles. The number of ether oxygens (including phenoxy) is 1. The van der Waals surface area contributed by atoms with Crippen molar-refractivity contribution < 1.29 is 9.53 Å². The van der Waals surface area contributed by atoms with E-state index in [0.29, 0.717) is 11.8 Å². The van der Waals surface area contributed by atoms with Gasteiger partial charge in [-0.05, 0) is 36.5 Å². The van der Waals surface area contributed by atoms with E-state index >= 15 is 0 Å². The fourth-order valence-corrected chi connectivity index (χ4v) is 3.05. The van der Waals surface area contributed by atoms with Gasteiger partial charge in [-0.3, -0.25) is 9.69 Å². The summed E-state index contributed by atoms with van der Waals surface area (Å²) in [6.45, 7) is 5.82. The van der Waals surface area contributed by atoms with Gasteiger partial charge in [-0.25, -0.2) is 0 Å². The van der Waals surface area contributed by atoms with E-state index in [1.54, 1.807) is 0 Å². The number of hydrogen-bond donors (Lipinski definition) is 1. The first-order chi connectivity index (χ1) is 9.74. The molecule has 1 aliphatic heterocycles. The SMILES string of the molecule is CC(=O)Oc1ccc([C@H](C2CC2)N2CCNCC2)cc1.Cl.Cl. The average molecular weight is 347 g/mol. The summed E-state index contributed by atoms with van der Waals surface area (Å²) in [5, 5.41) is 3.41. The summed E-state index contributed by atoms with van der Waals surface area (Å²) in [6, 6.07) is 8.58. The second-order valence-corrected chi connectivity index (χ2v) is 5.73. The molecule has 1 saturated carbocycles. The van der Waals surface area contributed by atoms with E-state index in [0.717, 1.165) is 32.1 Å². The lowest BCUT2D eigenvalue weighted by atomic mass is 9.99.